The van der Waals surface area contributed by atoms with Crippen molar-refractivity contribution in [3.05, 3.63) is 54.1 Å². The van der Waals surface area contributed by atoms with Crippen molar-refractivity contribution in [1.29, 1.82) is 0 Å². The highest BCUT2D eigenvalue weighted by Gasteiger charge is 2.24. The lowest BCUT2D eigenvalue weighted by molar-refractivity contribution is -0.127. The van der Waals surface area contributed by atoms with Gasteiger partial charge >= 0.3 is 0 Å². The van der Waals surface area contributed by atoms with E-state index in [2.05, 4.69) is 21.3 Å². The van der Waals surface area contributed by atoms with Crippen LogP contribution < -0.4 is 26.0 Å². The first-order valence-corrected chi connectivity index (χ1v) is 8.42. The van der Waals surface area contributed by atoms with Crippen molar-refractivity contribution in [2.24, 2.45) is 0 Å². The smallest absolute Gasteiger partial charge is 0.259 e. The Balaban J connectivity index is 0.00000280. The molecule has 3 amide bonds. The van der Waals surface area contributed by atoms with Crippen LogP contribution in [-0.4, -0.2) is 44.0 Å². The Hall–Kier alpha value is -3.10. The maximum absolute atomic E-state index is 12.5. The summed E-state index contributed by atoms with van der Waals surface area (Å²) in [5.41, 5.74) is 1.44. The zero-order valence-electron chi connectivity index (χ0n) is 15.2. The highest BCUT2D eigenvalue weighted by atomic mass is 35.5. The maximum atomic E-state index is 12.5. The Morgan fingerprint density at radius 1 is 1.07 bits per heavy atom. The highest BCUT2D eigenvalue weighted by molar-refractivity contribution is 6.06. The van der Waals surface area contributed by atoms with Gasteiger partial charge in [-0.05, 0) is 30.3 Å². The Labute approximate surface area is 168 Å². The first-order chi connectivity index (χ1) is 13.1. The number of nitrogens with one attached hydrogen (secondary N) is 4. The average Bonchev–Trinajstić information content (AvgIpc) is 2.68. The molecule has 0 spiro atoms. The SMILES string of the molecule is COc1ccccc1C(=O)Nc1cccc(NC(=O)C2CNCC(=O)N2)c1.Cl. The molecule has 1 fully saturated rings. The van der Waals surface area contributed by atoms with Crippen molar-refractivity contribution in [2.45, 2.75) is 6.04 Å². The van der Waals surface area contributed by atoms with Gasteiger partial charge in [-0.3, -0.25) is 14.4 Å². The Kier molecular flexibility index (Phi) is 7.36. The van der Waals surface area contributed by atoms with E-state index in [1.54, 1.807) is 48.5 Å². The lowest BCUT2D eigenvalue weighted by Crippen LogP contribution is -2.57. The van der Waals surface area contributed by atoms with Crippen molar-refractivity contribution in [1.82, 2.24) is 10.6 Å². The van der Waals surface area contributed by atoms with Crippen LogP contribution in [0.25, 0.3) is 0 Å². The fraction of sp³-hybridized carbons (Fsp3) is 0.211. The summed E-state index contributed by atoms with van der Waals surface area (Å²) in [4.78, 5) is 36.1. The number of carbonyl (C=O) groups excluding carboxylic acids is 3. The first kappa shape index (κ1) is 21.2. The molecule has 0 radical (unpaired) electrons. The normalized spacial score (nSPS) is 15.6. The molecule has 148 valence electrons. The van der Waals surface area contributed by atoms with Gasteiger partial charge in [0.15, 0.2) is 0 Å². The van der Waals surface area contributed by atoms with Crippen molar-refractivity contribution in [3.8, 4) is 5.75 Å². The van der Waals surface area contributed by atoms with E-state index < -0.39 is 6.04 Å². The van der Waals surface area contributed by atoms with Crippen LogP contribution in [0.2, 0.25) is 0 Å². The predicted molar refractivity (Wildman–Crippen MR) is 108 cm³/mol. The second-order valence-electron chi connectivity index (χ2n) is 5.98. The molecule has 8 nitrogen and oxygen atoms in total. The van der Waals surface area contributed by atoms with Crippen LogP contribution in [-0.2, 0) is 9.59 Å². The molecule has 0 aromatic heterocycles. The lowest BCUT2D eigenvalue weighted by Gasteiger charge is -2.23. The summed E-state index contributed by atoms with van der Waals surface area (Å²) >= 11 is 0. The van der Waals surface area contributed by atoms with E-state index >= 15 is 0 Å². The molecular weight excluding hydrogens is 384 g/mol. The quantitative estimate of drug-likeness (QED) is 0.602. The summed E-state index contributed by atoms with van der Waals surface area (Å²) in [6, 6.07) is 13.0. The molecule has 0 saturated carbocycles. The second-order valence-corrected chi connectivity index (χ2v) is 5.98. The Bertz CT molecular complexity index is 875. The minimum atomic E-state index is -0.641. The van der Waals surface area contributed by atoms with Crippen LogP contribution >= 0.6 is 12.4 Å². The van der Waals surface area contributed by atoms with Gasteiger partial charge in [0.2, 0.25) is 11.8 Å². The molecule has 2 aromatic rings. The van der Waals surface area contributed by atoms with Crippen LogP contribution in [0.4, 0.5) is 11.4 Å². The number of halogens is 1. The highest BCUT2D eigenvalue weighted by Crippen LogP contribution is 2.21. The van der Waals surface area contributed by atoms with E-state index in [-0.39, 0.29) is 36.7 Å². The molecule has 28 heavy (non-hydrogen) atoms. The summed E-state index contributed by atoms with van der Waals surface area (Å²) in [5, 5.41) is 11.0. The third-order valence-corrected chi connectivity index (χ3v) is 4.03. The number of rotatable bonds is 5. The minimum Gasteiger partial charge on any atom is -0.496 e. The average molecular weight is 405 g/mol. The van der Waals surface area contributed by atoms with Gasteiger partial charge in [-0.25, -0.2) is 0 Å². The topological polar surface area (TPSA) is 109 Å². The number of anilines is 2. The molecule has 1 unspecified atom stereocenters. The van der Waals surface area contributed by atoms with Crippen molar-refractivity contribution >= 4 is 41.5 Å². The summed E-state index contributed by atoms with van der Waals surface area (Å²) in [6.07, 6.45) is 0. The van der Waals surface area contributed by atoms with Crippen LogP contribution in [0.5, 0.6) is 5.75 Å². The molecule has 0 bridgehead atoms. The van der Waals surface area contributed by atoms with Crippen molar-refractivity contribution in [2.75, 3.05) is 30.8 Å². The Morgan fingerprint density at radius 3 is 2.50 bits per heavy atom. The summed E-state index contributed by atoms with van der Waals surface area (Å²) in [6.45, 7) is 0.566. The largest absolute Gasteiger partial charge is 0.496 e. The van der Waals surface area contributed by atoms with Crippen LogP contribution in [0.15, 0.2) is 48.5 Å². The molecule has 1 atom stereocenters. The third kappa shape index (κ3) is 5.21. The third-order valence-electron chi connectivity index (χ3n) is 4.03. The molecule has 1 aliphatic rings. The van der Waals surface area contributed by atoms with E-state index in [9.17, 15) is 14.4 Å². The van der Waals surface area contributed by atoms with Gasteiger partial charge in [0.1, 0.15) is 11.8 Å². The lowest BCUT2D eigenvalue weighted by atomic mass is 10.1. The number of para-hydroxylation sites is 1. The van der Waals surface area contributed by atoms with E-state index in [0.29, 0.717) is 29.2 Å². The zero-order chi connectivity index (χ0) is 19.2. The number of amides is 3. The zero-order valence-corrected chi connectivity index (χ0v) is 16.0. The predicted octanol–water partition coefficient (Wildman–Crippen LogP) is 1.40. The molecule has 1 aliphatic heterocycles. The number of benzene rings is 2. The van der Waals surface area contributed by atoms with Crippen molar-refractivity contribution < 1.29 is 19.1 Å². The summed E-state index contributed by atoms with van der Waals surface area (Å²) in [5.74, 6) is -0.400. The van der Waals surface area contributed by atoms with Gasteiger partial charge in [-0.15, -0.1) is 12.4 Å². The van der Waals surface area contributed by atoms with Crippen LogP contribution in [0.1, 0.15) is 10.4 Å². The van der Waals surface area contributed by atoms with Gasteiger partial charge < -0.3 is 26.0 Å². The molecule has 1 heterocycles. The molecule has 1 saturated heterocycles. The van der Waals surface area contributed by atoms with Gasteiger partial charge in [0.05, 0.1) is 19.2 Å². The maximum Gasteiger partial charge on any atom is 0.259 e. The molecular formula is C19H21ClN4O4. The fourth-order valence-corrected chi connectivity index (χ4v) is 2.72. The monoisotopic (exact) mass is 404 g/mol. The Morgan fingerprint density at radius 2 is 1.79 bits per heavy atom. The van der Waals surface area contributed by atoms with E-state index in [1.807, 2.05) is 0 Å². The van der Waals surface area contributed by atoms with E-state index in [0.717, 1.165) is 0 Å². The van der Waals surface area contributed by atoms with Gasteiger partial charge in [0, 0.05) is 17.9 Å². The van der Waals surface area contributed by atoms with Gasteiger partial charge in [-0.1, -0.05) is 18.2 Å². The molecule has 9 heteroatoms. The number of hydrogen-bond acceptors (Lipinski definition) is 5. The molecule has 3 rings (SSSR count). The number of carbonyl (C=O) groups is 3. The number of hydrogen-bond donors (Lipinski definition) is 4. The van der Waals surface area contributed by atoms with E-state index in [1.165, 1.54) is 7.11 Å². The molecule has 2 aromatic carbocycles. The van der Waals surface area contributed by atoms with Crippen LogP contribution in [0.3, 0.4) is 0 Å². The number of ether oxygens (including phenoxy) is 1. The van der Waals surface area contributed by atoms with Gasteiger partial charge in [-0.2, -0.15) is 0 Å². The second kappa shape index (κ2) is 9.72. The number of methoxy groups -OCH3 is 1. The van der Waals surface area contributed by atoms with Gasteiger partial charge in [0.25, 0.3) is 5.91 Å². The van der Waals surface area contributed by atoms with E-state index in [4.69, 9.17) is 4.74 Å². The number of piperazine rings is 1. The summed E-state index contributed by atoms with van der Waals surface area (Å²) < 4.78 is 5.20. The standard InChI is InChI=1S/C19H20N4O4.ClH/c1-27-16-8-3-2-7-14(16)18(25)21-12-5-4-6-13(9-12)22-19(26)15-10-20-11-17(24)23-15;/h2-9,15,20H,10-11H2,1H3,(H,21,25)(H,22,26)(H,23,24);1H. The fourth-order valence-electron chi connectivity index (χ4n) is 2.72. The molecule has 4 N–H and O–H groups in total. The first-order valence-electron chi connectivity index (χ1n) is 8.42. The van der Waals surface area contributed by atoms with Crippen molar-refractivity contribution in [3.63, 3.8) is 0 Å². The molecule has 0 aliphatic carbocycles. The minimum absolute atomic E-state index is 0. The summed E-state index contributed by atoms with van der Waals surface area (Å²) in [7, 11) is 1.50. The van der Waals surface area contributed by atoms with Crippen LogP contribution in [0, 0.1) is 0 Å².